The van der Waals surface area contributed by atoms with Gasteiger partial charge in [0.1, 0.15) is 6.04 Å². The fourth-order valence-corrected chi connectivity index (χ4v) is 2.18. The molecule has 1 unspecified atom stereocenters. The SMILES string of the molecule is Cl.NC1CN(CCCC(F)(F)F)c2ccccc2NC1=O. The summed E-state index contributed by atoms with van der Waals surface area (Å²) in [4.78, 5) is 13.4. The third kappa shape index (κ3) is 4.78. The van der Waals surface area contributed by atoms with Crippen LogP contribution in [-0.4, -0.2) is 31.2 Å². The number of nitrogens with one attached hydrogen (secondary N) is 1. The van der Waals surface area contributed by atoms with E-state index < -0.39 is 18.6 Å². The summed E-state index contributed by atoms with van der Waals surface area (Å²) in [5.74, 6) is -0.323. The molecular weight excluding hydrogens is 307 g/mol. The molecule has 3 N–H and O–H groups in total. The molecule has 0 aromatic heterocycles. The largest absolute Gasteiger partial charge is 0.389 e. The van der Waals surface area contributed by atoms with E-state index in [1.807, 2.05) is 0 Å². The average molecular weight is 324 g/mol. The van der Waals surface area contributed by atoms with Crippen molar-refractivity contribution >= 4 is 29.7 Å². The highest BCUT2D eigenvalue weighted by Gasteiger charge is 2.28. The number of halogens is 4. The van der Waals surface area contributed by atoms with E-state index in [-0.39, 0.29) is 37.8 Å². The normalized spacial score (nSPS) is 18.4. The molecular formula is C13H17ClF3N3O. The highest BCUT2D eigenvalue weighted by molar-refractivity contribution is 5.99. The van der Waals surface area contributed by atoms with Crippen molar-refractivity contribution in [1.29, 1.82) is 0 Å². The van der Waals surface area contributed by atoms with Gasteiger partial charge in [-0.05, 0) is 18.6 Å². The van der Waals surface area contributed by atoms with Crippen molar-refractivity contribution in [3.63, 3.8) is 0 Å². The van der Waals surface area contributed by atoms with Gasteiger partial charge in [-0.3, -0.25) is 4.79 Å². The number of rotatable bonds is 3. The van der Waals surface area contributed by atoms with Crippen molar-refractivity contribution in [2.24, 2.45) is 5.73 Å². The Balaban J connectivity index is 0.00000220. The van der Waals surface area contributed by atoms with Gasteiger partial charge in [0.05, 0.1) is 11.4 Å². The van der Waals surface area contributed by atoms with Crippen LogP contribution in [0.4, 0.5) is 24.5 Å². The zero-order valence-electron chi connectivity index (χ0n) is 11.2. The molecule has 0 saturated carbocycles. The van der Waals surface area contributed by atoms with E-state index in [4.69, 9.17) is 5.73 Å². The van der Waals surface area contributed by atoms with E-state index in [0.717, 1.165) is 0 Å². The predicted molar refractivity (Wildman–Crippen MR) is 77.8 cm³/mol. The lowest BCUT2D eigenvalue weighted by Crippen LogP contribution is -2.43. The number of para-hydroxylation sites is 2. The average Bonchev–Trinajstić information content (AvgIpc) is 2.47. The number of fused-ring (bicyclic) bond motifs is 1. The molecule has 0 fully saturated rings. The fraction of sp³-hybridized carbons (Fsp3) is 0.462. The van der Waals surface area contributed by atoms with Gasteiger partial charge in [0.2, 0.25) is 5.91 Å². The maximum Gasteiger partial charge on any atom is 0.389 e. The zero-order chi connectivity index (χ0) is 14.8. The first-order valence-corrected chi connectivity index (χ1v) is 6.34. The van der Waals surface area contributed by atoms with Crippen LogP contribution in [0.1, 0.15) is 12.8 Å². The molecule has 0 aliphatic carbocycles. The van der Waals surface area contributed by atoms with E-state index in [1.165, 1.54) is 0 Å². The first-order chi connectivity index (χ1) is 9.37. The summed E-state index contributed by atoms with van der Waals surface area (Å²) in [7, 11) is 0. The lowest BCUT2D eigenvalue weighted by atomic mass is 10.2. The van der Waals surface area contributed by atoms with Crippen LogP contribution in [0.5, 0.6) is 0 Å². The van der Waals surface area contributed by atoms with Crippen LogP contribution in [0.2, 0.25) is 0 Å². The Morgan fingerprint density at radius 1 is 1.33 bits per heavy atom. The van der Waals surface area contributed by atoms with Crippen molar-refractivity contribution in [1.82, 2.24) is 0 Å². The molecule has 0 spiro atoms. The van der Waals surface area contributed by atoms with Crippen molar-refractivity contribution in [2.45, 2.75) is 25.1 Å². The van der Waals surface area contributed by atoms with E-state index in [9.17, 15) is 18.0 Å². The third-order valence-corrected chi connectivity index (χ3v) is 3.14. The number of nitrogens with two attached hydrogens (primary N) is 1. The second-order valence-electron chi connectivity index (χ2n) is 4.78. The fourth-order valence-electron chi connectivity index (χ4n) is 2.18. The van der Waals surface area contributed by atoms with Crippen molar-refractivity contribution < 1.29 is 18.0 Å². The monoisotopic (exact) mass is 323 g/mol. The topological polar surface area (TPSA) is 58.4 Å². The molecule has 1 aromatic rings. The molecule has 0 bridgehead atoms. The van der Waals surface area contributed by atoms with Crippen LogP contribution in [0.15, 0.2) is 24.3 Å². The number of anilines is 2. The first-order valence-electron chi connectivity index (χ1n) is 6.34. The van der Waals surface area contributed by atoms with Gasteiger partial charge >= 0.3 is 6.18 Å². The maximum atomic E-state index is 12.2. The van der Waals surface area contributed by atoms with Crippen molar-refractivity contribution in [3.8, 4) is 0 Å². The van der Waals surface area contributed by atoms with Gasteiger partial charge < -0.3 is 16.0 Å². The Morgan fingerprint density at radius 3 is 2.67 bits per heavy atom. The molecule has 0 saturated heterocycles. The van der Waals surface area contributed by atoms with Crippen LogP contribution in [0.25, 0.3) is 0 Å². The molecule has 118 valence electrons. The summed E-state index contributed by atoms with van der Waals surface area (Å²) in [6.45, 7) is 0.417. The number of carbonyl (C=O) groups is 1. The molecule has 21 heavy (non-hydrogen) atoms. The van der Waals surface area contributed by atoms with Gasteiger partial charge in [-0.25, -0.2) is 0 Å². The Morgan fingerprint density at radius 2 is 2.00 bits per heavy atom. The maximum absolute atomic E-state index is 12.2. The number of carbonyl (C=O) groups excluding carboxylic acids is 1. The second kappa shape index (κ2) is 7.00. The first kappa shape index (κ1) is 17.6. The molecule has 1 aliphatic heterocycles. The Labute approximate surface area is 126 Å². The number of alkyl halides is 3. The zero-order valence-corrected chi connectivity index (χ0v) is 12.0. The standard InChI is InChI=1S/C13H16F3N3O.ClH/c14-13(15,16)6-3-7-19-8-9(17)12(20)18-10-4-1-2-5-11(10)19;/h1-2,4-5,9H,3,6-8,17H2,(H,18,20);1H. The molecule has 1 amide bonds. The number of hydrogen-bond donors (Lipinski definition) is 2. The Bertz CT molecular complexity index is 496. The lowest BCUT2D eigenvalue weighted by Gasteiger charge is -2.25. The van der Waals surface area contributed by atoms with Crippen LogP contribution < -0.4 is 16.0 Å². The lowest BCUT2D eigenvalue weighted by molar-refractivity contribution is -0.135. The van der Waals surface area contributed by atoms with E-state index in [2.05, 4.69) is 5.32 Å². The summed E-state index contributed by atoms with van der Waals surface area (Å²) in [6, 6.07) is 6.25. The van der Waals surface area contributed by atoms with Crippen LogP contribution in [0, 0.1) is 0 Å². The molecule has 1 atom stereocenters. The Hall–Kier alpha value is -1.47. The molecule has 1 heterocycles. The number of amides is 1. The summed E-state index contributed by atoms with van der Waals surface area (Å²) >= 11 is 0. The van der Waals surface area contributed by atoms with Gasteiger partial charge in [0, 0.05) is 19.5 Å². The third-order valence-electron chi connectivity index (χ3n) is 3.14. The van der Waals surface area contributed by atoms with E-state index in [1.54, 1.807) is 29.2 Å². The van der Waals surface area contributed by atoms with Crippen LogP contribution in [-0.2, 0) is 4.79 Å². The summed E-state index contributed by atoms with van der Waals surface area (Å²) in [5, 5.41) is 2.68. The minimum absolute atomic E-state index is 0. The number of hydrogen-bond acceptors (Lipinski definition) is 3. The predicted octanol–water partition coefficient (Wildman–Crippen LogP) is 2.54. The number of benzene rings is 1. The minimum Gasteiger partial charge on any atom is -0.368 e. The molecule has 1 aliphatic rings. The summed E-state index contributed by atoms with van der Waals surface area (Å²) in [5.41, 5.74) is 7.02. The smallest absolute Gasteiger partial charge is 0.368 e. The Kier molecular flexibility index (Phi) is 5.86. The molecule has 4 nitrogen and oxygen atoms in total. The van der Waals surface area contributed by atoms with Gasteiger partial charge in [0.15, 0.2) is 0 Å². The van der Waals surface area contributed by atoms with Crippen molar-refractivity contribution in [3.05, 3.63) is 24.3 Å². The summed E-state index contributed by atoms with van der Waals surface area (Å²) < 4.78 is 36.6. The van der Waals surface area contributed by atoms with Gasteiger partial charge in [-0.2, -0.15) is 13.2 Å². The van der Waals surface area contributed by atoms with Gasteiger partial charge in [-0.1, -0.05) is 12.1 Å². The van der Waals surface area contributed by atoms with Gasteiger partial charge in [-0.15, -0.1) is 12.4 Å². The molecule has 8 heteroatoms. The minimum atomic E-state index is -4.17. The van der Waals surface area contributed by atoms with Crippen LogP contribution in [0.3, 0.4) is 0 Å². The molecule has 2 rings (SSSR count). The number of nitrogens with zero attached hydrogens (tertiary/aromatic N) is 1. The van der Waals surface area contributed by atoms with E-state index in [0.29, 0.717) is 11.4 Å². The molecule has 1 aromatic carbocycles. The van der Waals surface area contributed by atoms with Gasteiger partial charge in [0.25, 0.3) is 0 Å². The highest BCUT2D eigenvalue weighted by Crippen LogP contribution is 2.29. The van der Waals surface area contributed by atoms with Crippen LogP contribution >= 0.6 is 12.4 Å². The molecule has 0 radical (unpaired) electrons. The second-order valence-corrected chi connectivity index (χ2v) is 4.78. The summed E-state index contributed by atoms with van der Waals surface area (Å²) in [6.07, 6.45) is -5.04. The van der Waals surface area contributed by atoms with Crippen molar-refractivity contribution in [2.75, 3.05) is 23.3 Å². The highest BCUT2D eigenvalue weighted by atomic mass is 35.5. The quantitative estimate of drug-likeness (QED) is 0.898. The van der Waals surface area contributed by atoms with E-state index >= 15 is 0 Å².